The van der Waals surface area contributed by atoms with Gasteiger partial charge < -0.3 is 4.18 Å². The second-order valence-corrected chi connectivity index (χ2v) is 4.27. The maximum atomic E-state index is 10.9. The van der Waals surface area contributed by atoms with Gasteiger partial charge in [-0.05, 0) is 25.9 Å². The number of rotatable bonds is 4. The number of likely N-dealkylation sites (tertiary alicyclic amines) is 1. The summed E-state index contributed by atoms with van der Waals surface area (Å²) in [6.45, 7) is 1.48. The highest BCUT2D eigenvalue weighted by Gasteiger charge is 2.20. The number of hydrogen-bond donors (Lipinski definition) is 0. The molecule has 1 fully saturated rings. The zero-order chi connectivity index (χ0) is 9.03. The van der Waals surface area contributed by atoms with E-state index in [0.717, 1.165) is 25.9 Å². The van der Waals surface area contributed by atoms with Crippen LogP contribution >= 0.6 is 0 Å². The topological polar surface area (TPSA) is 63.7 Å². The summed E-state index contributed by atoms with van der Waals surface area (Å²) in [5.74, 6) is -0.175. The average Bonchev–Trinajstić information content (AvgIpc) is 2.38. The summed E-state index contributed by atoms with van der Waals surface area (Å²) in [5.41, 5.74) is 0. The van der Waals surface area contributed by atoms with E-state index in [-0.39, 0.29) is 12.3 Å². The summed E-state index contributed by atoms with van der Waals surface area (Å²) in [7, 11) is -3.66. The third-order valence-electron chi connectivity index (χ3n) is 1.73. The fourth-order valence-electron chi connectivity index (χ4n) is 1.23. The van der Waals surface area contributed by atoms with Crippen LogP contribution in [-0.4, -0.2) is 38.8 Å². The quantitative estimate of drug-likeness (QED) is 0.446. The predicted octanol–water partition coefficient (Wildman–Crippen LogP) is -0.458. The molecule has 70 valence electrons. The van der Waals surface area contributed by atoms with Gasteiger partial charge in [-0.3, -0.25) is 9.69 Å². The SMILES string of the molecule is O=COS(=O)(=O)CN1CCCC1. The Morgan fingerprint density at radius 3 is 2.42 bits per heavy atom. The Balaban J connectivity index is 2.43. The first-order valence-electron chi connectivity index (χ1n) is 3.71. The molecule has 0 saturated carbocycles. The molecule has 12 heavy (non-hydrogen) atoms. The number of carbonyl (C=O) groups is 1. The van der Waals surface area contributed by atoms with Gasteiger partial charge in [0.15, 0.2) is 0 Å². The molecular formula is C6H11NO4S. The zero-order valence-corrected chi connectivity index (χ0v) is 7.42. The van der Waals surface area contributed by atoms with Crippen LogP contribution in [-0.2, 0) is 19.1 Å². The molecule has 0 atom stereocenters. The lowest BCUT2D eigenvalue weighted by atomic mass is 10.4. The van der Waals surface area contributed by atoms with Crippen LogP contribution in [0.25, 0.3) is 0 Å². The Labute approximate surface area is 71.4 Å². The van der Waals surface area contributed by atoms with Gasteiger partial charge in [-0.15, -0.1) is 0 Å². The van der Waals surface area contributed by atoms with Gasteiger partial charge in [0, 0.05) is 0 Å². The maximum absolute atomic E-state index is 10.9. The van der Waals surface area contributed by atoms with Gasteiger partial charge in [-0.25, -0.2) is 0 Å². The summed E-state index contributed by atoms with van der Waals surface area (Å²) in [6, 6.07) is 0. The largest absolute Gasteiger partial charge is 0.348 e. The Kier molecular flexibility index (Phi) is 3.05. The molecule has 1 heterocycles. The van der Waals surface area contributed by atoms with Crippen molar-refractivity contribution in [1.82, 2.24) is 4.90 Å². The molecular weight excluding hydrogens is 182 g/mol. The highest BCUT2D eigenvalue weighted by atomic mass is 32.2. The molecule has 0 aliphatic carbocycles. The molecule has 0 spiro atoms. The van der Waals surface area contributed by atoms with Gasteiger partial charge in [-0.1, -0.05) is 0 Å². The first kappa shape index (κ1) is 9.47. The van der Waals surface area contributed by atoms with Crippen LogP contribution in [0.4, 0.5) is 0 Å². The molecule has 0 radical (unpaired) electrons. The first-order valence-corrected chi connectivity index (χ1v) is 5.29. The summed E-state index contributed by atoms with van der Waals surface area (Å²) in [5, 5.41) is 0. The van der Waals surface area contributed by atoms with E-state index in [4.69, 9.17) is 0 Å². The summed E-state index contributed by atoms with van der Waals surface area (Å²) >= 11 is 0. The van der Waals surface area contributed by atoms with Crippen LogP contribution in [0.3, 0.4) is 0 Å². The zero-order valence-electron chi connectivity index (χ0n) is 6.60. The van der Waals surface area contributed by atoms with Gasteiger partial charge in [0.2, 0.25) is 0 Å². The van der Waals surface area contributed by atoms with Gasteiger partial charge >= 0.3 is 16.6 Å². The monoisotopic (exact) mass is 193 g/mol. The average molecular weight is 193 g/mol. The molecule has 0 aromatic carbocycles. The lowest BCUT2D eigenvalue weighted by molar-refractivity contribution is -0.120. The molecule has 0 unspecified atom stereocenters. The summed E-state index contributed by atoms with van der Waals surface area (Å²) in [4.78, 5) is 11.5. The van der Waals surface area contributed by atoms with Crippen molar-refractivity contribution in [2.24, 2.45) is 0 Å². The van der Waals surface area contributed by atoms with Crippen LogP contribution in [0, 0.1) is 0 Å². The molecule has 1 aliphatic rings. The van der Waals surface area contributed by atoms with Crippen molar-refractivity contribution in [1.29, 1.82) is 0 Å². The molecule has 1 saturated heterocycles. The van der Waals surface area contributed by atoms with Crippen molar-refractivity contribution in [3.63, 3.8) is 0 Å². The molecule has 1 aliphatic heterocycles. The smallest absolute Gasteiger partial charge is 0.324 e. The number of nitrogens with zero attached hydrogens (tertiary/aromatic N) is 1. The van der Waals surface area contributed by atoms with Crippen molar-refractivity contribution in [2.75, 3.05) is 19.0 Å². The van der Waals surface area contributed by atoms with Gasteiger partial charge in [0.1, 0.15) is 5.88 Å². The third kappa shape index (κ3) is 2.78. The van der Waals surface area contributed by atoms with E-state index in [2.05, 4.69) is 4.18 Å². The third-order valence-corrected chi connectivity index (χ3v) is 2.78. The number of hydrogen-bond acceptors (Lipinski definition) is 5. The molecule has 0 aromatic rings. The van der Waals surface area contributed by atoms with Crippen LogP contribution in [0.15, 0.2) is 0 Å². The van der Waals surface area contributed by atoms with Crippen molar-refractivity contribution in [2.45, 2.75) is 12.8 Å². The van der Waals surface area contributed by atoms with E-state index in [1.165, 1.54) is 0 Å². The van der Waals surface area contributed by atoms with Crippen LogP contribution < -0.4 is 0 Å². The van der Waals surface area contributed by atoms with E-state index < -0.39 is 10.1 Å². The highest BCUT2D eigenvalue weighted by molar-refractivity contribution is 7.87. The van der Waals surface area contributed by atoms with Crippen molar-refractivity contribution < 1.29 is 17.4 Å². The molecule has 0 amide bonds. The van der Waals surface area contributed by atoms with Crippen LogP contribution in [0.1, 0.15) is 12.8 Å². The molecule has 0 aromatic heterocycles. The second-order valence-electron chi connectivity index (χ2n) is 2.70. The Bertz CT molecular complexity index is 242. The Morgan fingerprint density at radius 2 is 1.92 bits per heavy atom. The van der Waals surface area contributed by atoms with E-state index >= 15 is 0 Å². The van der Waals surface area contributed by atoms with Crippen LogP contribution in [0.5, 0.6) is 0 Å². The van der Waals surface area contributed by atoms with Crippen molar-refractivity contribution in [3.05, 3.63) is 0 Å². The predicted molar refractivity (Wildman–Crippen MR) is 41.7 cm³/mol. The minimum atomic E-state index is -3.66. The minimum Gasteiger partial charge on any atom is -0.348 e. The van der Waals surface area contributed by atoms with Gasteiger partial charge in [0.25, 0.3) is 0 Å². The minimum absolute atomic E-state index is 0.0502. The van der Waals surface area contributed by atoms with Crippen molar-refractivity contribution >= 4 is 16.6 Å². The van der Waals surface area contributed by atoms with Crippen molar-refractivity contribution in [3.8, 4) is 0 Å². The van der Waals surface area contributed by atoms with Crippen LogP contribution in [0.2, 0.25) is 0 Å². The summed E-state index contributed by atoms with van der Waals surface area (Å²) < 4.78 is 25.7. The second kappa shape index (κ2) is 3.86. The molecule has 0 bridgehead atoms. The standard InChI is InChI=1S/C6H11NO4S/c8-6-11-12(9,10)5-7-3-1-2-4-7/h6H,1-5H2. The fourth-order valence-corrected chi connectivity index (χ4v) is 2.11. The van der Waals surface area contributed by atoms with E-state index in [1.807, 2.05) is 0 Å². The first-order chi connectivity index (χ1) is 5.64. The Morgan fingerprint density at radius 1 is 1.33 bits per heavy atom. The number of carbonyl (C=O) groups excluding carboxylic acids is 1. The fraction of sp³-hybridized carbons (Fsp3) is 0.833. The van der Waals surface area contributed by atoms with Gasteiger partial charge in [0.05, 0.1) is 0 Å². The van der Waals surface area contributed by atoms with E-state index in [0.29, 0.717) is 0 Å². The normalized spacial score (nSPS) is 19.3. The summed E-state index contributed by atoms with van der Waals surface area (Å²) in [6.07, 6.45) is 2.02. The van der Waals surface area contributed by atoms with E-state index in [9.17, 15) is 13.2 Å². The van der Waals surface area contributed by atoms with Gasteiger partial charge in [-0.2, -0.15) is 8.42 Å². The molecule has 1 rings (SSSR count). The maximum Gasteiger partial charge on any atom is 0.324 e. The lowest BCUT2D eigenvalue weighted by Gasteiger charge is -2.12. The lowest BCUT2D eigenvalue weighted by Crippen LogP contribution is -2.27. The molecule has 6 heteroatoms. The molecule has 0 N–H and O–H groups in total. The van der Waals surface area contributed by atoms with E-state index in [1.54, 1.807) is 4.90 Å². The molecule has 5 nitrogen and oxygen atoms in total. The highest BCUT2D eigenvalue weighted by Crippen LogP contribution is 2.08. The Hall–Kier alpha value is -0.620.